The highest BCUT2D eigenvalue weighted by Gasteiger charge is 2.45. The molecule has 2 fully saturated rings. The van der Waals surface area contributed by atoms with Crippen molar-refractivity contribution in [1.29, 1.82) is 0 Å². The van der Waals surface area contributed by atoms with Gasteiger partial charge in [-0.15, -0.1) is 0 Å². The van der Waals surface area contributed by atoms with Crippen molar-refractivity contribution in [3.8, 4) is 5.75 Å². The van der Waals surface area contributed by atoms with Crippen LogP contribution in [-0.4, -0.2) is 55.7 Å². The lowest BCUT2D eigenvalue weighted by Crippen LogP contribution is -2.49. The van der Waals surface area contributed by atoms with Crippen LogP contribution in [0.4, 0.5) is 5.69 Å². The monoisotopic (exact) mass is 330 g/mol. The number of carbonyl (C=O) groups is 2. The Morgan fingerprint density at radius 2 is 2.12 bits per heavy atom. The van der Waals surface area contributed by atoms with Gasteiger partial charge in [0.25, 0.3) is 0 Å². The number of ether oxygens (including phenoxy) is 2. The van der Waals surface area contributed by atoms with Gasteiger partial charge < -0.3 is 19.3 Å². The van der Waals surface area contributed by atoms with Crippen molar-refractivity contribution in [2.75, 3.05) is 31.7 Å². The molecule has 6 nitrogen and oxygen atoms in total. The first kappa shape index (κ1) is 15.4. The van der Waals surface area contributed by atoms with Crippen molar-refractivity contribution in [3.63, 3.8) is 0 Å². The van der Waals surface area contributed by atoms with Gasteiger partial charge in [-0.25, -0.2) is 0 Å². The van der Waals surface area contributed by atoms with Crippen LogP contribution in [0.15, 0.2) is 24.3 Å². The summed E-state index contributed by atoms with van der Waals surface area (Å²) < 4.78 is 11.1. The second-order valence-corrected chi connectivity index (χ2v) is 6.83. The van der Waals surface area contributed by atoms with Crippen molar-refractivity contribution in [2.24, 2.45) is 5.92 Å². The van der Waals surface area contributed by atoms with E-state index in [4.69, 9.17) is 9.47 Å². The molecule has 0 N–H and O–H groups in total. The third-order valence-electron chi connectivity index (χ3n) is 4.99. The summed E-state index contributed by atoms with van der Waals surface area (Å²) in [6, 6.07) is 7.22. The van der Waals surface area contributed by atoms with Gasteiger partial charge >= 0.3 is 0 Å². The number of likely N-dealkylation sites (tertiary alicyclic amines) is 1. The first-order valence-electron chi connectivity index (χ1n) is 8.53. The number of benzene rings is 1. The average molecular weight is 330 g/mol. The van der Waals surface area contributed by atoms with Gasteiger partial charge in [0.1, 0.15) is 24.5 Å². The smallest absolute Gasteiger partial charge is 0.250 e. The highest BCUT2D eigenvalue weighted by Crippen LogP contribution is 2.39. The molecule has 24 heavy (non-hydrogen) atoms. The Hall–Kier alpha value is -2.08. The molecule has 1 saturated carbocycles. The van der Waals surface area contributed by atoms with Gasteiger partial charge in [-0.05, 0) is 30.9 Å². The minimum Gasteiger partial charge on any atom is -0.486 e. The van der Waals surface area contributed by atoms with Gasteiger partial charge in [-0.3, -0.25) is 9.59 Å². The van der Waals surface area contributed by atoms with E-state index in [1.807, 2.05) is 29.2 Å². The van der Waals surface area contributed by atoms with Gasteiger partial charge in [-0.2, -0.15) is 0 Å². The number of anilines is 1. The zero-order valence-electron chi connectivity index (χ0n) is 13.8. The molecule has 1 aliphatic carbocycles. The molecule has 4 rings (SSSR count). The molecule has 2 atom stereocenters. The van der Waals surface area contributed by atoms with Crippen LogP contribution in [0.1, 0.15) is 19.3 Å². The number of amides is 2. The van der Waals surface area contributed by atoms with E-state index in [0.29, 0.717) is 25.4 Å². The zero-order valence-corrected chi connectivity index (χ0v) is 13.8. The first-order chi connectivity index (χ1) is 11.7. The third kappa shape index (κ3) is 2.75. The number of methoxy groups -OCH3 is 1. The minimum atomic E-state index is -0.454. The lowest BCUT2D eigenvalue weighted by Gasteiger charge is -2.31. The second kappa shape index (κ2) is 6.09. The number of hydrogen-bond donors (Lipinski definition) is 0. The molecule has 0 spiro atoms. The van der Waals surface area contributed by atoms with E-state index in [0.717, 1.165) is 24.3 Å². The van der Waals surface area contributed by atoms with Crippen LogP contribution in [0.5, 0.6) is 5.75 Å². The Morgan fingerprint density at radius 1 is 1.33 bits per heavy atom. The maximum Gasteiger partial charge on any atom is 0.250 e. The number of nitrogens with zero attached hydrogens (tertiary/aromatic N) is 2. The topological polar surface area (TPSA) is 59.1 Å². The number of rotatable bonds is 4. The molecule has 1 aromatic carbocycles. The predicted octanol–water partition coefficient (Wildman–Crippen LogP) is 1.44. The van der Waals surface area contributed by atoms with Crippen molar-refractivity contribution >= 4 is 17.5 Å². The summed E-state index contributed by atoms with van der Waals surface area (Å²) in [5.74, 6) is 1.14. The molecule has 128 valence electrons. The number of hydrogen-bond acceptors (Lipinski definition) is 4. The predicted molar refractivity (Wildman–Crippen MR) is 87.9 cm³/mol. The fraction of sp³-hybridized carbons (Fsp3) is 0.556. The fourth-order valence-electron chi connectivity index (χ4n) is 3.60. The molecule has 1 saturated heterocycles. The second-order valence-electron chi connectivity index (χ2n) is 6.83. The number of carbonyl (C=O) groups excluding carboxylic acids is 2. The molecule has 2 amide bonds. The van der Waals surface area contributed by atoms with Crippen LogP contribution in [0.2, 0.25) is 0 Å². The van der Waals surface area contributed by atoms with Gasteiger partial charge in [0.2, 0.25) is 11.8 Å². The highest BCUT2D eigenvalue weighted by molar-refractivity contribution is 6.01. The molecule has 3 aliphatic rings. The van der Waals surface area contributed by atoms with Crippen LogP contribution in [0.3, 0.4) is 0 Å². The molecule has 2 aliphatic heterocycles. The summed E-state index contributed by atoms with van der Waals surface area (Å²) in [5, 5.41) is 0. The van der Waals surface area contributed by atoms with E-state index in [9.17, 15) is 9.59 Å². The van der Waals surface area contributed by atoms with Gasteiger partial charge in [0.15, 0.2) is 0 Å². The van der Waals surface area contributed by atoms with Crippen LogP contribution < -0.4 is 9.64 Å². The van der Waals surface area contributed by atoms with Gasteiger partial charge in [0, 0.05) is 20.1 Å². The van der Waals surface area contributed by atoms with Crippen LogP contribution >= 0.6 is 0 Å². The Morgan fingerprint density at radius 3 is 2.88 bits per heavy atom. The standard InChI is InChI=1S/C18H22N2O4/c1-23-11-17(21)19-10-13-8-15(19)18(22)20(9-12-6-7-12)14-4-2-3-5-16(14)24-13/h2-5,12-13,15H,6-11H2,1H3/t13-,15-/m0/s1. The Bertz CT molecular complexity index is 658. The molecule has 1 aromatic rings. The number of para-hydroxylation sites is 2. The van der Waals surface area contributed by atoms with Crippen LogP contribution in [0, 0.1) is 5.92 Å². The van der Waals surface area contributed by atoms with Gasteiger partial charge in [-0.1, -0.05) is 12.1 Å². The van der Waals surface area contributed by atoms with E-state index in [1.54, 1.807) is 4.90 Å². The Labute approximate surface area is 141 Å². The summed E-state index contributed by atoms with van der Waals surface area (Å²) in [5.41, 5.74) is 0.824. The Balaban J connectivity index is 1.68. The van der Waals surface area contributed by atoms with E-state index in [2.05, 4.69) is 0 Å². The van der Waals surface area contributed by atoms with Crippen molar-refractivity contribution in [2.45, 2.75) is 31.4 Å². The van der Waals surface area contributed by atoms with Crippen molar-refractivity contribution in [1.82, 2.24) is 4.90 Å². The first-order valence-corrected chi connectivity index (χ1v) is 8.53. The maximum atomic E-state index is 13.2. The number of fused-ring (bicyclic) bond motifs is 3. The van der Waals surface area contributed by atoms with Gasteiger partial charge in [0.05, 0.1) is 12.2 Å². The van der Waals surface area contributed by atoms with Crippen LogP contribution in [-0.2, 0) is 14.3 Å². The normalized spacial score (nSPS) is 25.8. The lowest BCUT2D eigenvalue weighted by molar-refractivity contribution is -0.140. The fourth-order valence-corrected chi connectivity index (χ4v) is 3.60. The molecule has 0 aromatic heterocycles. The largest absolute Gasteiger partial charge is 0.486 e. The average Bonchev–Trinajstić information content (AvgIpc) is 3.29. The van der Waals surface area contributed by atoms with E-state index >= 15 is 0 Å². The quantitative estimate of drug-likeness (QED) is 0.838. The van der Waals surface area contributed by atoms with Crippen molar-refractivity contribution in [3.05, 3.63) is 24.3 Å². The highest BCUT2D eigenvalue weighted by atomic mass is 16.5. The summed E-state index contributed by atoms with van der Waals surface area (Å²) >= 11 is 0. The zero-order chi connectivity index (χ0) is 16.7. The molecular formula is C18H22N2O4. The SMILES string of the molecule is COCC(=O)N1C[C@@H]2C[C@H]1C(=O)N(CC1CC1)c1ccccc1O2. The van der Waals surface area contributed by atoms with E-state index < -0.39 is 6.04 Å². The summed E-state index contributed by atoms with van der Waals surface area (Å²) in [6.45, 7) is 1.13. The Kier molecular flexibility index (Phi) is 3.92. The van der Waals surface area contributed by atoms with E-state index in [1.165, 1.54) is 7.11 Å². The lowest BCUT2D eigenvalue weighted by atomic mass is 10.1. The minimum absolute atomic E-state index is 0.00426. The molecule has 0 unspecified atom stereocenters. The summed E-state index contributed by atoms with van der Waals surface area (Å²) in [4.78, 5) is 29.0. The van der Waals surface area contributed by atoms with Crippen molar-refractivity contribution < 1.29 is 19.1 Å². The summed E-state index contributed by atoms with van der Waals surface area (Å²) in [6.07, 6.45) is 2.71. The molecular weight excluding hydrogens is 308 g/mol. The third-order valence-corrected chi connectivity index (χ3v) is 4.99. The molecule has 2 heterocycles. The molecule has 6 heteroatoms. The maximum absolute atomic E-state index is 13.2. The van der Waals surface area contributed by atoms with Crippen LogP contribution in [0.25, 0.3) is 0 Å². The van der Waals surface area contributed by atoms with E-state index in [-0.39, 0.29) is 24.5 Å². The molecule has 2 bridgehead atoms. The summed E-state index contributed by atoms with van der Waals surface area (Å²) in [7, 11) is 1.49. The molecule has 0 radical (unpaired) electrons.